The topological polar surface area (TPSA) is 207 Å². The van der Waals surface area contributed by atoms with Gasteiger partial charge in [-0.1, -0.05) is 12.1 Å². The van der Waals surface area contributed by atoms with Crippen LogP contribution >= 0.6 is 0 Å². The summed E-state index contributed by atoms with van der Waals surface area (Å²) in [6.45, 7) is 2.06. The van der Waals surface area contributed by atoms with Crippen molar-refractivity contribution >= 4 is 29.4 Å². The molecule has 0 bridgehead atoms. The number of aromatic hydroxyl groups is 2. The zero-order valence-corrected chi connectivity index (χ0v) is 20.4. The summed E-state index contributed by atoms with van der Waals surface area (Å²) in [6, 6.07) is 11.4. The number of non-ortho nitro benzene ring substituents is 2. The Morgan fingerprint density at radius 2 is 1.64 bits per heavy atom. The van der Waals surface area contributed by atoms with Crippen molar-refractivity contribution in [2.24, 2.45) is 5.10 Å². The number of ether oxygens (including phenoxy) is 1. The molecule has 0 aromatic heterocycles. The second kappa shape index (κ2) is 12.6. The summed E-state index contributed by atoms with van der Waals surface area (Å²) < 4.78 is 5.30. The van der Waals surface area contributed by atoms with Crippen molar-refractivity contribution in [1.82, 2.24) is 10.7 Å². The number of nitro benzene ring substituents is 2. The third kappa shape index (κ3) is 7.72. The van der Waals surface area contributed by atoms with Crippen molar-refractivity contribution < 1.29 is 34.4 Å². The summed E-state index contributed by atoms with van der Waals surface area (Å²) in [5.41, 5.74) is 1.59. The fourth-order valence-corrected chi connectivity index (χ4v) is 3.39. The summed E-state index contributed by atoms with van der Waals surface area (Å²) >= 11 is 0. The molecule has 39 heavy (non-hydrogen) atoms. The molecule has 0 heterocycles. The average molecular weight is 537 g/mol. The lowest BCUT2D eigenvalue weighted by molar-refractivity contribution is -0.394. The zero-order valence-electron chi connectivity index (χ0n) is 20.4. The Kier molecular flexibility index (Phi) is 9.08. The zero-order chi connectivity index (χ0) is 28.5. The molecule has 0 aliphatic heterocycles. The van der Waals surface area contributed by atoms with Crippen LogP contribution in [0, 0.1) is 20.2 Å². The molecule has 14 heteroatoms. The van der Waals surface area contributed by atoms with Crippen LogP contribution < -0.4 is 15.5 Å². The Balaban J connectivity index is 1.83. The third-order valence-corrected chi connectivity index (χ3v) is 5.26. The second-order valence-electron chi connectivity index (χ2n) is 8.04. The summed E-state index contributed by atoms with van der Waals surface area (Å²) in [6.07, 6.45) is 1.21. The normalized spacial score (nSPS) is 11.5. The van der Waals surface area contributed by atoms with Crippen LogP contribution in [0.1, 0.15) is 28.4 Å². The van der Waals surface area contributed by atoms with E-state index in [1.807, 2.05) is 0 Å². The number of rotatable bonds is 11. The molecule has 14 nitrogen and oxygen atoms in total. The average Bonchev–Trinajstić information content (AvgIpc) is 2.91. The predicted molar refractivity (Wildman–Crippen MR) is 138 cm³/mol. The minimum absolute atomic E-state index is 0.0161. The van der Waals surface area contributed by atoms with E-state index in [1.54, 1.807) is 6.92 Å². The van der Waals surface area contributed by atoms with Crippen molar-refractivity contribution in [2.75, 3.05) is 6.61 Å². The maximum atomic E-state index is 13.0. The Labute approximate surface area is 220 Å². The van der Waals surface area contributed by atoms with Gasteiger partial charge in [-0.25, -0.2) is 5.43 Å². The van der Waals surface area contributed by atoms with Gasteiger partial charge in [-0.3, -0.25) is 29.8 Å². The SMILES string of the molecule is CCOc1cc(C=NNC(=O)C(Cc2ccc(O)cc2)NC(=O)c2cc([N+](=O)[O-])cc([N+](=O)[O-])c2)ccc1O. The van der Waals surface area contributed by atoms with Crippen LogP contribution in [-0.2, 0) is 11.2 Å². The van der Waals surface area contributed by atoms with Gasteiger partial charge in [-0.2, -0.15) is 5.10 Å². The molecular formula is C25H23N5O9. The molecule has 0 radical (unpaired) electrons. The first-order valence-corrected chi connectivity index (χ1v) is 11.4. The van der Waals surface area contributed by atoms with Gasteiger partial charge in [-0.05, 0) is 48.4 Å². The van der Waals surface area contributed by atoms with E-state index in [2.05, 4.69) is 15.8 Å². The number of hydrogen-bond donors (Lipinski definition) is 4. The molecule has 0 fully saturated rings. The number of amides is 2. The maximum Gasteiger partial charge on any atom is 0.277 e. The van der Waals surface area contributed by atoms with Crippen LogP contribution in [0.4, 0.5) is 11.4 Å². The molecule has 1 atom stereocenters. The fourth-order valence-electron chi connectivity index (χ4n) is 3.39. The van der Waals surface area contributed by atoms with Gasteiger partial charge in [0.15, 0.2) is 11.5 Å². The van der Waals surface area contributed by atoms with Crippen LogP contribution in [0.3, 0.4) is 0 Å². The van der Waals surface area contributed by atoms with Gasteiger partial charge in [0, 0.05) is 18.6 Å². The Bertz CT molecular complexity index is 1390. The molecule has 3 rings (SSSR count). The number of benzene rings is 3. The van der Waals surface area contributed by atoms with Crippen molar-refractivity contribution in [3.05, 3.63) is 97.6 Å². The number of carbonyl (C=O) groups is 2. The molecule has 2 amide bonds. The Morgan fingerprint density at radius 3 is 2.23 bits per heavy atom. The number of phenolic OH excluding ortho intramolecular Hbond substituents is 2. The first-order valence-electron chi connectivity index (χ1n) is 11.4. The molecule has 1 unspecified atom stereocenters. The molecule has 0 saturated heterocycles. The molecule has 0 aliphatic rings. The highest BCUT2D eigenvalue weighted by atomic mass is 16.6. The van der Waals surface area contributed by atoms with E-state index in [-0.39, 0.29) is 23.7 Å². The van der Waals surface area contributed by atoms with Crippen molar-refractivity contribution in [2.45, 2.75) is 19.4 Å². The molecule has 4 N–H and O–H groups in total. The van der Waals surface area contributed by atoms with E-state index in [1.165, 1.54) is 48.7 Å². The fraction of sp³-hybridized carbons (Fsp3) is 0.160. The minimum atomic E-state index is -1.27. The van der Waals surface area contributed by atoms with Crippen LogP contribution in [0.15, 0.2) is 65.8 Å². The van der Waals surface area contributed by atoms with Gasteiger partial charge in [0.05, 0.1) is 34.3 Å². The molecular weight excluding hydrogens is 514 g/mol. The van der Waals surface area contributed by atoms with Crippen LogP contribution in [0.25, 0.3) is 0 Å². The standard InChI is InChI=1S/C25H23N5O9/c1-2-39-23-10-16(5-8-22(23)32)14-26-28-25(34)21(9-15-3-6-20(31)7-4-15)27-24(33)17-11-18(29(35)36)13-19(12-17)30(37)38/h3-8,10-14,21,31-32H,2,9H2,1H3,(H,27,33)(H,28,34). The van der Waals surface area contributed by atoms with Gasteiger partial charge < -0.3 is 20.3 Å². The van der Waals surface area contributed by atoms with E-state index >= 15 is 0 Å². The number of nitro groups is 2. The largest absolute Gasteiger partial charge is 0.508 e. The van der Waals surface area contributed by atoms with Gasteiger partial charge in [0.2, 0.25) is 0 Å². The minimum Gasteiger partial charge on any atom is -0.508 e. The number of nitrogens with zero attached hydrogens (tertiary/aromatic N) is 3. The highest BCUT2D eigenvalue weighted by Gasteiger charge is 2.25. The summed E-state index contributed by atoms with van der Waals surface area (Å²) in [5.74, 6) is -1.61. The summed E-state index contributed by atoms with van der Waals surface area (Å²) in [5, 5.41) is 48.0. The number of carbonyl (C=O) groups excluding carboxylic acids is 2. The molecule has 0 aliphatic carbocycles. The third-order valence-electron chi connectivity index (χ3n) is 5.26. The van der Waals surface area contributed by atoms with Gasteiger partial charge in [-0.15, -0.1) is 0 Å². The highest BCUT2D eigenvalue weighted by Crippen LogP contribution is 2.26. The number of nitrogens with one attached hydrogen (secondary N) is 2. The Morgan fingerprint density at radius 1 is 1.00 bits per heavy atom. The van der Waals surface area contributed by atoms with Crippen molar-refractivity contribution in [3.8, 4) is 17.2 Å². The lowest BCUT2D eigenvalue weighted by Crippen LogP contribution is -2.46. The van der Waals surface area contributed by atoms with E-state index < -0.39 is 44.6 Å². The van der Waals surface area contributed by atoms with Crippen LogP contribution in [-0.4, -0.2) is 50.7 Å². The van der Waals surface area contributed by atoms with E-state index in [9.17, 15) is 40.0 Å². The summed E-state index contributed by atoms with van der Waals surface area (Å²) in [4.78, 5) is 46.5. The molecule has 3 aromatic carbocycles. The number of phenols is 2. The van der Waals surface area contributed by atoms with Gasteiger partial charge >= 0.3 is 0 Å². The summed E-state index contributed by atoms with van der Waals surface area (Å²) in [7, 11) is 0. The van der Waals surface area contributed by atoms with Crippen LogP contribution in [0.2, 0.25) is 0 Å². The first kappa shape index (κ1) is 28.0. The van der Waals surface area contributed by atoms with E-state index in [4.69, 9.17) is 4.74 Å². The quantitative estimate of drug-likeness (QED) is 0.161. The highest BCUT2D eigenvalue weighted by molar-refractivity contribution is 5.98. The van der Waals surface area contributed by atoms with Gasteiger partial charge in [0.25, 0.3) is 23.2 Å². The van der Waals surface area contributed by atoms with Gasteiger partial charge in [0.1, 0.15) is 11.8 Å². The number of hydrazone groups is 1. The smallest absolute Gasteiger partial charge is 0.277 e. The molecule has 0 saturated carbocycles. The first-order chi connectivity index (χ1) is 18.6. The predicted octanol–water partition coefficient (Wildman–Crippen LogP) is 2.80. The van der Waals surface area contributed by atoms with Crippen molar-refractivity contribution in [1.29, 1.82) is 0 Å². The van der Waals surface area contributed by atoms with E-state index in [0.717, 1.165) is 12.1 Å². The molecule has 0 spiro atoms. The van der Waals surface area contributed by atoms with Crippen molar-refractivity contribution in [3.63, 3.8) is 0 Å². The monoisotopic (exact) mass is 537 g/mol. The lowest BCUT2D eigenvalue weighted by atomic mass is 10.0. The second-order valence-corrected chi connectivity index (χ2v) is 8.04. The Hall–Kier alpha value is -5.53. The molecule has 202 valence electrons. The molecule has 3 aromatic rings. The van der Waals surface area contributed by atoms with E-state index in [0.29, 0.717) is 23.8 Å². The maximum absolute atomic E-state index is 13.0. The number of hydrogen-bond acceptors (Lipinski definition) is 10. The lowest BCUT2D eigenvalue weighted by Gasteiger charge is -2.17. The van der Waals surface area contributed by atoms with Crippen LogP contribution in [0.5, 0.6) is 17.2 Å².